The van der Waals surface area contributed by atoms with Gasteiger partial charge in [0.1, 0.15) is 11.9 Å². The highest BCUT2D eigenvalue weighted by atomic mass is 19.1. The van der Waals surface area contributed by atoms with Crippen molar-refractivity contribution in [3.8, 4) is 0 Å². The Morgan fingerprint density at radius 1 is 1.12 bits per heavy atom. The quantitative estimate of drug-likeness (QED) is 0.839. The van der Waals surface area contributed by atoms with Gasteiger partial charge in [0.05, 0.1) is 0 Å². The van der Waals surface area contributed by atoms with E-state index >= 15 is 0 Å². The minimum atomic E-state index is -0.592. The van der Waals surface area contributed by atoms with Crippen LogP contribution in [0.2, 0.25) is 0 Å². The van der Waals surface area contributed by atoms with E-state index in [9.17, 15) is 14.0 Å². The Morgan fingerprint density at radius 3 is 2.33 bits per heavy atom. The van der Waals surface area contributed by atoms with Crippen LogP contribution in [-0.2, 0) is 4.79 Å². The van der Waals surface area contributed by atoms with E-state index in [1.54, 1.807) is 0 Å². The zero-order valence-electron chi connectivity index (χ0n) is 14.5. The zero-order chi connectivity index (χ0) is 17.5. The van der Waals surface area contributed by atoms with Crippen LogP contribution < -0.4 is 10.6 Å². The molecule has 1 aliphatic rings. The van der Waals surface area contributed by atoms with E-state index in [1.807, 2.05) is 13.8 Å². The lowest BCUT2D eigenvalue weighted by Gasteiger charge is -2.25. The summed E-state index contributed by atoms with van der Waals surface area (Å²) in [5.74, 6) is -0.381. The summed E-state index contributed by atoms with van der Waals surface area (Å²) < 4.78 is 13.0. The van der Waals surface area contributed by atoms with Gasteiger partial charge in [0.15, 0.2) is 0 Å². The second-order valence-electron chi connectivity index (χ2n) is 6.95. The predicted octanol–water partition coefficient (Wildman–Crippen LogP) is 3.28. The van der Waals surface area contributed by atoms with E-state index in [1.165, 1.54) is 43.5 Å². The molecule has 4 nitrogen and oxygen atoms in total. The highest BCUT2D eigenvalue weighted by Crippen LogP contribution is 2.22. The molecule has 1 saturated carbocycles. The van der Waals surface area contributed by atoms with Gasteiger partial charge in [-0.2, -0.15) is 0 Å². The third kappa shape index (κ3) is 5.32. The Kier molecular flexibility index (Phi) is 6.76. The van der Waals surface area contributed by atoms with Crippen molar-refractivity contribution in [2.75, 3.05) is 6.54 Å². The molecule has 1 aromatic carbocycles. The Labute approximate surface area is 143 Å². The van der Waals surface area contributed by atoms with Gasteiger partial charge in [-0.15, -0.1) is 0 Å². The monoisotopic (exact) mass is 334 g/mol. The van der Waals surface area contributed by atoms with Crippen LogP contribution >= 0.6 is 0 Å². The third-order valence-corrected chi connectivity index (χ3v) is 4.63. The SMILES string of the molecule is CC(C)C(NC(=O)c1ccc(F)cc1)C(=O)NCC1CCCCC1. The lowest BCUT2D eigenvalue weighted by molar-refractivity contribution is -0.124. The molecule has 1 aromatic rings. The van der Waals surface area contributed by atoms with Gasteiger partial charge in [-0.1, -0.05) is 33.1 Å². The fourth-order valence-corrected chi connectivity index (χ4v) is 3.11. The average molecular weight is 334 g/mol. The third-order valence-electron chi connectivity index (χ3n) is 4.63. The summed E-state index contributed by atoms with van der Waals surface area (Å²) in [6.07, 6.45) is 6.07. The first-order valence-corrected chi connectivity index (χ1v) is 8.81. The Bertz CT molecular complexity index is 551. The van der Waals surface area contributed by atoms with Crippen LogP contribution in [0.1, 0.15) is 56.3 Å². The molecule has 1 unspecified atom stereocenters. The molecule has 0 spiro atoms. The molecule has 0 radical (unpaired) electrons. The van der Waals surface area contributed by atoms with Crippen LogP contribution in [-0.4, -0.2) is 24.4 Å². The number of halogens is 1. The molecule has 132 valence electrons. The summed E-state index contributed by atoms with van der Waals surface area (Å²) in [6.45, 7) is 4.47. The van der Waals surface area contributed by atoms with E-state index in [-0.39, 0.29) is 17.7 Å². The lowest BCUT2D eigenvalue weighted by Crippen LogP contribution is -2.50. The van der Waals surface area contributed by atoms with Crippen LogP contribution in [0.4, 0.5) is 4.39 Å². The van der Waals surface area contributed by atoms with Gasteiger partial charge in [0.2, 0.25) is 5.91 Å². The van der Waals surface area contributed by atoms with Crippen molar-refractivity contribution < 1.29 is 14.0 Å². The molecule has 24 heavy (non-hydrogen) atoms. The molecule has 2 amide bonds. The molecule has 0 bridgehead atoms. The number of carbonyl (C=O) groups excluding carboxylic acids is 2. The number of rotatable bonds is 6. The first-order valence-electron chi connectivity index (χ1n) is 8.81. The van der Waals surface area contributed by atoms with Gasteiger partial charge in [-0.3, -0.25) is 9.59 Å². The molecule has 0 aromatic heterocycles. The highest BCUT2D eigenvalue weighted by Gasteiger charge is 2.25. The van der Waals surface area contributed by atoms with Crippen molar-refractivity contribution in [1.29, 1.82) is 0 Å². The summed E-state index contributed by atoms with van der Waals surface area (Å²) in [7, 11) is 0. The van der Waals surface area contributed by atoms with E-state index in [4.69, 9.17) is 0 Å². The Balaban J connectivity index is 1.91. The molecule has 2 N–H and O–H groups in total. The second-order valence-corrected chi connectivity index (χ2v) is 6.95. The summed E-state index contributed by atoms with van der Waals surface area (Å²) >= 11 is 0. The number of hydrogen-bond donors (Lipinski definition) is 2. The number of nitrogens with one attached hydrogen (secondary N) is 2. The van der Waals surface area contributed by atoms with Crippen molar-refractivity contribution in [2.45, 2.75) is 52.0 Å². The first kappa shape index (κ1) is 18.4. The molecular formula is C19H27FN2O2. The summed E-state index contributed by atoms with van der Waals surface area (Å²) in [5, 5.41) is 5.75. The summed E-state index contributed by atoms with van der Waals surface area (Å²) in [6, 6.07) is 4.72. The van der Waals surface area contributed by atoms with Gasteiger partial charge >= 0.3 is 0 Å². The lowest BCUT2D eigenvalue weighted by atomic mass is 9.89. The van der Waals surface area contributed by atoms with Gasteiger partial charge in [0.25, 0.3) is 5.91 Å². The highest BCUT2D eigenvalue weighted by molar-refractivity contribution is 5.97. The van der Waals surface area contributed by atoms with Crippen LogP contribution in [0.25, 0.3) is 0 Å². The topological polar surface area (TPSA) is 58.2 Å². The van der Waals surface area contributed by atoms with Crippen molar-refractivity contribution in [3.63, 3.8) is 0 Å². The minimum Gasteiger partial charge on any atom is -0.354 e. The summed E-state index contributed by atoms with van der Waals surface area (Å²) in [4.78, 5) is 24.7. The number of hydrogen-bond acceptors (Lipinski definition) is 2. The minimum absolute atomic E-state index is 0.0271. The van der Waals surface area contributed by atoms with Gasteiger partial charge < -0.3 is 10.6 Å². The maximum Gasteiger partial charge on any atom is 0.251 e. The van der Waals surface area contributed by atoms with E-state index < -0.39 is 11.9 Å². The molecule has 0 saturated heterocycles. The van der Waals surface area contributed by atoms with Crippen LogP contribution in [0.5, 0.6) is 0 Å². The molecule has 1 fully saturated rings. The summed E-state index contributed by atoms with van der Waals surface area (Å²) in [5.41, 5.74) is 0.349. The molecular weight excluding hydrogens is 307 g/mol. The predicted molar refractivity (Wildman–Crippen MR) is 92.1 cm³/mol. The normalized spacial score (nSPS) is 16.7. The molecule has 1 aliphatic carbocycles. The fraction of sp³-hybridized carbons (Fsp3) is 0.579. The fourth-order valence-electron chi connectivity index (χ4n) is 3.11. The van der Waals surface area contributed by atoms with Crippen LogP contribution in [0.3, 0.4) is 0 Å². The maximum atomic E-state index is 13.0. The van der Waals surface area contributed by atoms with Gasteiger partial charge in [-0.25, -0.2) is 4.39 Å². The first-order chi connectivity index (χ1) is 11.5. The van der Waals surface area contributed by atoms with Crippen molar-refractivity contribution in [2.24, 2.45) is 11.8 Å². The van der Waals surface area contributed by atoms with Gasteiger partial charge in [0, 0.05) is 12.1 Å². The van der Waals surface area contributed by atoms with Crippen LogP contribution in [0.15, 0.2) is 24.3 Å². The second kappa shape index (κ2) is 8.81. The molecule has 5 heteroatoms. The van der Waals surface area contributed by atoms with Crippen LogP contribution in [0, 0.1) is 17.7 Å². The maximum absolute atomic E-state index is 13.0. The number of amides is 2. The van der Waals surface area contributed by atoms with E-state index in [0.717, 1.165) is 12.8 Å². The van der Waals surface area contributed by atoms with Crippen molar-refractivity contribution in [3.05, 3.63) is 35.6 Å². The smallest absolute Gasteiger partial charge is 0.251 e. The Hall–Kier alpha value is -1.91. The Morgan fingerprint density at radius 2 is 1.75 bits per heavy atom. The molecule has 2 rings (SSSR count). The number of carbonyl (C=O) groups is 2. The standard InChI is InChI=1S/C19H27FN2O2/c1-13(2)17(19(24)21-12-14-6-4-3-5-7-14)22-18(23)15-8-10-16(20)11-9-15/h8-11,13-14,17H,3-7,12H2,1-2H3,(H,21,24)(H,22,23). The molecule has 0 aliphatic heterocycles. The molecule has 0 heterocycles. The average Bonchev–Trinajstić information content (AvgIpc) is 2.58. The van der Waals surface area contributed by atoms with E-state index in [2.05, 4.69) is 10.6 Å². The van der Waals surface area contributed by atoms with Crippen molar-refractivity contribution in [1.82, 2.24) is 10.6 Å². The van der Waals surface area contributed by atoms with E-state index in [0.29, 0.717) is 18.0 Å². The zero-order valence-corrected chi connectivity index (χ0v) is 14.5. The molecule has 1 atom stereocenters. The van der Waals surface area contributed by atoms with Crippen molar-refractivity contribution >= 4 is 11.8 Å². The largest absolute Gasteiger partial charge is 0.354 e. The number of benzene rings is 1. The van der Waals surface area contributed by atoms with Gasteiger partial charge in [-0.05, 0) is 48.9 Å².